The fraction of sp³-hybridized carbons (Fsp3) is 0.474. The molecular weight excluding hydrogens is 340 g/mol. The molecule has 0 bridgehead atoms. The van der Waals surface area contributed by atoms with Gasteiger partial charge in [0.1, 0.15) is 6.10 Å². The molecule has 2 N–H and O–H groups in total. The van der Waals surface area contributed by atoms with Crippen LogP contribution < -0.4 is 10.6 Å². The molecule has 5 nitrogen and oxygen atoms in total. The van der Waals surface area contributed by atoms with Gasteiger partial charge in [0.25, 0.3) is 0 Å². The molecule has 1 heterocycles. The number of nitrogens with one attached hydrogen (secondary N) is 2. The predicted molar refractivity (Wildman–Crippen MR) is 96.1 cm³/mol. The van der Waals surface area contributed by atoms with Crippen LogP contribution in [0.1, 0.15) is 57.1 Å². The maximum atomic E-state index is 12.9. The molecule has 1 aliphatic carbocycles. The third-order valence-electron chi connectivity index (χ3n) is 4.78. The van der Waals surface area contributed by atoms with Gasteiger partial charge in [0.2, 0.25) is 0 Å². The quantitative estimate of drug-likeness (QED) is 0.624. The summed E-state index contributed by atoms with van der Waals surface area (Å²) in [6, 6.07) is 6.24. The van der Waals surface area contributed by atoms with Crippen LogP contribution in [0, 0.1) is 0 Å². The van der Waals surface area contributed by atoms with Gasteiger partial charge in [-0.25, -0.2) is 9.59 Å². The summed E-state index contributed by atoms with van der Waals surface area (Å²) in [5.41, 5.74) is 1.61. The van der Waals surface area contributed by atoms with Crippen molar-refractivity contribution in [2.75, 3.05) is 0 Å². The minimum absolute atomic E-state index is 0.0557. The second kappa shape index (κ2) is 7.91. The van der Waals surface area contributed by atoms with Crippen molar-refractivity contribution < 1.29 is 14.3 Å². The minimum Gasteiger partial charge on any atom is -0.459 e. The minimum atomic E-state index is -0.610. The number of carbonyl (C=O) groups excluding carboxylic acids is 2. The number of hydrogen-bond acceptors (Lipinski definition) is 3. The number of urea groups is 1. The van der Waals surface area contributed by atoms with Crippen molar-refractivity contribution in [1.29, 1.82) is 0 Å². The number of halogens is 1. The number of allylic oxidation sites excluding steroid dienone is 1. The van der Waals surface area contributed by atoms with Gasteiger partial charge in [0.05, 0.1) is 11.6 Å². The van der Waals surface area contributed by atoms with Crippen molar-refractivity contribution in [2.45, 2.75) is 57.6 Å². The zero-order valence-electron chi connectivity index (χ0n) is 14.3. The van der Waals surface area contributed by atoms with Crippen LogP contribution in [-0.2, 0) is 9.53 Å². The molecule has 1 fully saturated rings. The van der Waals surface area contributed by atoms with Gasteiger partial charge in [-0.2, -0.15) is 0 Å². The highest BCUT2D eigenvalue weighted by Crippen LogP contribution is 2.33. The summed E-state index contributed by atoms with van der Waals surface area (Å²) >= 11 is 6.29. The number of rotatable bonds is 3. The van der Waals surface area contributed by atoms with Crippen LogP contribution in [-0.4, -0.2) is 18.1 Å². The maximum Gasteiger partial charge on any atom is 0.338 e. The van der Waals surface area contributed by atoms with Gasteiger partial charge in [-0.3, -0.25) is 0 Å². The first-order chi connectivity index (χ1) is 12.1. The van der Waals surface area contributed by atoms with E-state index in [2.05, 4.69) is 10.6 Å². The molecule has 1 aromatic carbocycles. The molecule has 0 radical (unpaired) electrons. The van der Waals surface area contributed by atoms with Crippen molar-refractivity contribution >= 4 is 23.6 Å². The topological polar surface area (TPSA) is 67.4 Å². The average molecular weight is 363 g/mol. The van der Waals surface area contributed by atoms with Crippen molar-refractivity contribution in [2.24, 2.45) is 0 Å². The van der Waals surface area contributed by atoms with Gasteiger partial charge in [0.15, 0.2) is 0 Å². The Kier molecular flexibility index (Phi) is 5.63. The van der Waals surface area contributed by atoms with Crippen molar-refractivity contribution in [3.05, 3.63) is 46.1 Å². The Labute approximate surface area is 152 Å². The highest BCUT2D eigenvalue weighted by molar-refractivity contribution is 6.31. The van der Waals surface area contributed by atoms with E-state index in [4.69, 9.17) is 16.3 Å². The Hall–Kier alpha value is -2.01. The highest BCUT2D eigenvalue weighted by Gasteiger charge is 2.34. The Morgan fingerprint density at radius 1 is 1.16 bits per heavy atom. The summed E-state index contributed by atoms with van der Waals surface area (Å²) in [7, 11) is 0. The molecule has 1 aromatic rings. The molecule has 1 aliphatic heterocycles. The van der Waals surface area contributed by atoms with Crippen molar-refractivity contribution in [3.63, 3.8) is 0 Å². The average Bonchev–Trinajstić information content (AvgIpc) is 2.83. The lowest BCUT2D eigenvalue weighted by molar-refractivity contribution is -0.145. The van der Waals surface area contributed by atoms with Crippen LogP contribution in [0.25, 0.3) is 0 Å². The van der Waals surface area contributed by atoms with Crippen LogP contribution >= 0.6 is 11.6 Å². The van der Waals surface area contributed by atoms with E-state index in [0.717, 1.165) is 25.7 Å². The van der Waals surface area contributed by atoms with Gasteiger partial charge < -0.3 is 15.4 Å². The lowest BCUT2D eigenvalue weighted by atomic mass is 9.95. The number of amides is 2. The van der Waals surface area contributed by atoms with E-state index in [1.54, 1.807) is 13.0 Å². The number of carbonyl (C=O) groups is 2. The molecule has 0 spiro atoms. The van der Waals surface area contributed by atoms with E-state index in [0.29, 0.717) is 21.9 Å². The summed E-state index contributed by atoms with van der Waals surface area (Å²) in [5.74, 6) is -0.387. The molecule has 0 unspecified atom stereocenters. The molecule has 3 rings (SSSR count). The largest absolute Gasteiger partial charge is 0.459 e. The van der Waals surface area contributed by atoms with Crippen LogP contribution in [0.4, 0.5) is 4.79 Å². The third-order valence-corrected chi connectivity index (χ3v) is 5.13. The van der Waals surface area contributed by atoms with Crippen LogP contribution in [0.2, 0.25) is 5.02 Å². The maximum absolute atomic E-state index is 12.9. The molecule has 2 aliphatic rings. The van der Waals surface area contributed by atoms with E-state index in [1.807, 2.05) is 18.2 Å². The van der Waals surface area contributed by atoms with E-state index < -0.39 is 6.04 Å². The normalized spacial score (nSPS) is 22.0. The van der Waals surface area contributed by atoms with Crippen molar-refractivity contribution in [3.8, 4) is 0 Å². The smallest absolute Gasteiger partial charge is 0.338 e. The summed E-state index contributed by atoms with van der Waals surface area (Å²) in [5, 5.41) is 5.96. The molecule has 2 amide bonds. The number of hydrogen-bond donors (Lipinski definition) is 2. The van der Waals surface area contributed by atoms with Gasteiger partial charge in [0, 0.05) is 10.7 Å². The lowest BCUT2D eigenvalue weighted by Crippen LogP contribution is -2.45. The summed E-state index contributed by atoms with van der Waals surface area (Å²) in [6.07, 6.45) is 6.28. The molecule has 25 heavy (non-hydrogen) atoms. The Morgan fingerprint density at radius 3 is 2.52 bits per heavy atom. The fourth-order valence-corrected chi connectivity index (χ4v) is 3.73. The lowest BCUT2D eigenvalue weighted by Gasteiger charge is -2.29. The van der Waals surface area contributed by atoms with Gasteiger partial charge >= 0.3 is 12.0 Å². The van der Waals surface area contributed by atoms with Crippen molar-refractivity contribution in [1.82, 2.24) is 10.6 Å². The molecule has 134 valence electrons. The zero-order valence-corrected chi connectivity index (χ0v) is 15.1. The Balaban J connectivity index is 1.87. The summed E-state index contributed by atoms with van der Waals surface area (Å²) < 4.78 is 5.78. The molecule has 1 atom stereocenters. The van der Waals surface area contributed by atoms with Gasteiger partial charge in [-0.15, -0.1) is 0 Å². The van der Waals surface area contributed by atoms with Crippen LogP contribution in [0.5, 0.6) is 0 Å². The van der Waals surface area contributed by atoms with Gasteiger partial charge in [-0.1, -0.05) is 42.6 Å². The molecule has 1 saturated carbocycles. The SMILES string of the molecule is CC1=C(C(=O)OC2CCCCCC2)[C@@H](c2ccccc2Cl)NC(=O)N1. The van der Waals surface area contributed by atoms with Crippen LogP contribution in [0.15, 0.2) is 35.5 Å². The number of benzene rings is 1. The standard InChI is InChI=1S/C19H23ClN2O3/c1-12-16(18(23)25-13-8-4-2-3-5-9-13)17(22-19(24)21-12)14-10-6-7-11-15(14)20/h6-7,10-11,13,17H,2-5,8-9H2,1H3,(H2,21,22,24)/t17-/m1/s1. The first-order valence-corrected chi connectivity index (χ1v) is 9.17. The van der Waals surface area contributed by atoms with E-state index >= 15 is 0 Å². The Morgan fingerprint density at radius 2 is 1.84 bits per heavy atom. The molecule has 0 saturated heterocycles. The fourth-order valence-electron chi connectivity index (χ4n) is 3.48. The zero-order chi connectivity index (χ0) is 17.8. The number of esters is 1. The first-order valence-electron chi connectivity index (χ1n) is 8.80. The van der Waals surface area contributed by atoms with Crippen LogP contribution in [0.3, 0.4) is 0 Å². The van der Waals surface area contributed by atoms with Gasteiger partial charge in [-0.05, 0) is 44.2 Å². The van der Waals surface area contributed by atoms with E-state index in [1.165, 1.54) is 12.8 Å². The highest BCUT2D eigenvalue weighted by atomic mass is 35.5. The monoisotopic (exact) mass is 362 g/mol. The van der Waals surface area contributed by atoms with E-state index in [-0.39, 0.29) is 18.1 Å². The molecular formula is C19H23ClN2O3. The molecule has 0 aromatic heterocycles. The second-order valence-electron chi connectivity index (χ2n) is 6.61. The predicted octanol–water partition coefficient (Wildman–Crippen LogP) is 4.23. The summed E-state index contributed by atoms with van der Waals surface area (Å²) in [6.45, 7) is 1.71. The summed E-state index contributed by atoms with van der Waals surface area (Å²) in [4.78, 5) is 24.8. The third kappa shape index (κ3) is 4.15. The number of ether oxygens (including phenoxy) is 1. The van der Waals surface area contributed by atoms with E-state index in [9.17, 15) is 9.59 Å². The Bertz CT molecular complexity index is 694. The second-order valence-corrected chi connectivity index (χ2v) is 7.02. The first kappa shape index (κ1) is 17.8. The molecule has 6 heteroatoms.